The number of fused-ring (bicyclic) bond motifs is 1. The molecule has 1 atom stereocenters. The molecular weight excluding hydrogens is 268 g/mol. The Morgan fingerprint density at radius 2 is 2.37 bits per heavy atom. The lowest BCUT2D eigenvalue weighted by Gasteiger charge is -2.21. The van der Waals surface area contributed by atoms with Crippen molar-refractivity contribution in [3.63, 3.8) is 0 Å². The van der Waals surface area contributed by atoms with Gasteiger partial charge in [0.25, 0.3) is 0 Å². The van der Waals surface area contributed by atoms with Gasteiger partial charge >= 0.3 is 0 Å². The van der Waals surface area contributed by atoms with E-state index in [-0.39, 0.29) is 0 Å². The third kappa shape index (κ3) is 2.47. The summed E-state index contributed by atoms with van der Waals surface area (Å²) in [5.74, 6) is 0.514. The number of halogens is 1. The van der Waals surface area contributed by atoms with Crippen LogP contribution >= 0.6 is 11.6 Å². The van der Waals surface area contributed by atoms with Crippen LogP contribution in [0, 0.1) is 0 Å². The Balaban J connectivity index is 1.87. The second kappa shape index (κ2) is 4.88. The predicted octanol–water partition coefficient (Wildman–Crippen LogP) is 1.24. The van der Waals surface area contributed by atoms with E-state index in [1.165, 1.54) is 0 Å². The van der Waals surface area contributed by atoms with E-state index in [1.54, 1.807) is 12.3 Å². The van der Waals surface area contributed by atoms with Gasteiger partial charge in [-0.25, -0.2) is 0 Å². The van der Waals surface area contributed by atoms with Crippen LogP contribution in [0.4, 0.5) is 5.82 Å². The molecule has 7 heteroatoms. The molecule has 1 aliphatic heterocycles. The molecule has 1 saturated heterocycles. The maximum Gasteiger partial charge on any atom is 0.175 e. The van der Waals surface area contributed by atoms with Crippen molar-refractivity contribution in [1.29, 1.82) is 0 Å². The molecule has 2 aromatic rings. The van der Waals surface area contributed by atoms with E-state index in [0.717, 1.165) is 5.39 Å². The van der Waals surface area contributed by atoms with Gasteiger partial charge in [0, 0.05) is 31.2 Å². The summed E-state index contributed by atoms with van der Waals surface area (Å²) in [4.78, 5) is 4.25. The Morgan fingerprint density at radius 1 is 1.47 bits per heavy atom. The number of pyridine rings is 1. The second-order valence-corrected chi connectivity index (χ2v) is 4.98. The first kappa shape index (κ1) is 12.5. The normalized spacial score (nSPS) is 22.8. The fourth-order valence-corrected chi connectivity index (χ4v) is 2.25. The molecule has 6 nitrogen and oxygen atoms in total. The molecule has 3 heterocycles. The van der Waals surface area contributed by atoms with E-state index >= 15 is 0 Å². The van der Waals surface area contributed by atoms with Crippen LogP contribution < -0.4 is 5.32 Å². The average Bonchev–Trinajstić information content (AvgIpc) is 2.86. The summed E-state index contributed by atoms with van der Waals surface area (Å²) in [6.45, 7) is 1.24. The summed E-state index contributed by atoms with van der Waals surface area (Å²) in [5.41, 5.74) is -0.215. The molecule has 0 saturated carbocycles. The summed E-state index contributed by atoms with van der Waals surface area (Å²) < 4.78 is 5.19. The predicted molar refractivity (Wildman–Crippen MR) is 71.2 cm³/mol. The molecule has 1 aliphatic rings. The molecule has 100 valence electrons. The SMILES string of the molecule is OC1(CNc2nnc(Cl)c3cccnc23)CCOC1. The molecule has 19 heavy (non-hydrogen) atoms. The fourth-order valence-electron chi connectivity index (χ4n) is 2.06. The molecule has 0 bridgehead atoms. The quantitative estimate of drug-likeness (QED) is 0.881. The van der Waals surface area contributed by atoms with Crippen molar-refractivity contribution < 1.29 is 9.84 Å². The lowest BCUT2D eigenvalue weighted by atomic mass is 10.0. The minimum absolute atomic E-state index is 0.316. The molecular formula is C12H13ClN4O2. The maximum absolute atomic E-state index is 10.2. The number of aromatic nitrogens is 3. The third-order valence-electron chi connectivity index (χ3n) is 3.16. The number of hydrogen-bond donors (Lipinski definition) is 2. The molecule has 2 aromatic heterocycles. The molecule has 1 fully saturated rings. The van der Waals surface area contributed by atoms with E-state index < -0.39 is 5.60 Å². The van der Waals surface area contributed by atoms with Gasteiger partial charge in [-0.2, -0.15) is 0 Å². The van der Waals surface area contributed by atoms with Crippen molar-refractivity contribution in [2.24, 2.45) is 0 Å². The number of nitrogens with one attached hydrogen (secondary N) is 1. The van der Waals surface area contributed by atoms with Gasteiger partial charge in [-0.3, -0.25) is 4.98 Å². The van der Waals surface area contributed by atoms with Gasteiger partial charge in [0.1, 0.15) is 11.1 Å². The maximum atomic E-state index is 10.2. The van der Waals surface area contributed by atoms with Gasteiger partial charge in [0.05, 0.1) is 6.61 Å². The van der Waals surface area contributed by atoms with Crippen LogP contribution in [0.1, 0.15) is 6.42 Å². The number of ether oxygens (including phenoxy) is 1. The highest BCUT2D eigenvalue weighted by molar-refractivity contribution is 6.34. The van der Waals surface area contributed by atoms with Crippen molar-refractivity contribution in [2.45, 2.75) is 12.0 Å². The minimum atomic E-state index is -0.859. The van der Waals surface area contributed by atoms with Gasteiger partial charge in [0.2, 0.25) is 0 Å². The second-order valence-electron chi connectivity index (χ2n) is 4.62. The van der Waals surface area contributed by atoms with Crippen molar-refractivity contribution in [1.82, 2.24) is 15.2 Å². The largest absolute Gasteiger partial charge is 0.386 e. The number of rotatable bonds is 3. The zero-order chi connectivity index (χ0) is 13.3. The number of nitrogens with zero attached hydrogens (tertiary/aromatic N) is 3. The van der Waals surface area contributed by atoms with E-state index in [0.29, 0.717) is 42.7 Å². The topological polar surface area (TPSA) is 80.2 Å². The summed E-state index contributed by atoms with van der Waals surface area (Å²) >= 11 is 5.97. The van der Waals surface area contributed by atoms with Gasteiger partial charge in [0.15, 0.2) is 11.0 Å². The van der Waals surface area contributed by atoms with Crippen molar-refractivity contribution in [3.05, 3.63) is 23.5 Å². The summed E-state index contributed by atoms with van der Waals surface area (Å²) in [6.07, 6.45) is 2.27. The summed E-state index contributed by atoms with van der Waals surface area (Å²) in [6, 6.07) is 3.62. The molecule has 3 rings (SSSR count). The Kier molecular flexibility index (Phi) is 3.22. The van der Waals surface area contributed by atoms with Crippen LogP contribution in [0.25, 0.3) is 10.9 Å². The van der Waals surface area contributed by atoms with Gasteiger partial charge in [-0.05, 0) is 12.1 Å². The van der Waals surface area contributed by atoms with E-state index in [1.807, 2.05) is 6.07 Å². The zero-order valence-electron chi connectivity index (χ0n) is 10.1. The van der Waals surface area contributed by atoms with Gasteiger partial charge in [-0.1, -0.05) is 11.6 Å². The number of anilines is 1. The van der Waals surface area contributed by atoms with Crippen LogP contribution in [0.3, 0.4) is 0 Å². The van der Waals surface area contributed by atoms with Crippen LogP contribution in [-0.4, -0.2) is 45.6 Å². The van der Waals surface area contributed by atoms with Gasteiger partial charge < -0.3 is 15.2 Å². The molecule has 2 N–H and O–H groups in total. The van der Waals surface area contributed by atoms with E-state index in [9.17, 15) is 5.11 Å². The molecule has 0 spiro atoms. The smallest absolute Gasteiger partial charge is 0.175 e. The molecule has 0 amide bonds. The standard InChI is InChI=1S/C12H13ClN4O2/c13-10-8-2-1-4-14-9(8)11(17-16-10)15-6-12(18)3-5-19-7-12/h1-2,4,18H,3,5-7H2,(H,15,17). The molecule has 0 aromatic carbocycles. The van der Waals surface area contributed by atoms with Crippen LogP contribution in [0.2, 0.25) is 5.15 Å². The Bertz CT molecular complexity index is 601. The van der Waals surface area contributed by atoms with Crippen LogP contribution in [0.5, 0.6) is 0 Å². The third-order valence-corrected chi connectivity index (χ3v) is 3.44. The Labute approximate surface area is 114 Å². The fraction of sp³-hybridized carbons (Fsp3) is 0.417. The summed E-state index contributed by atoms with van der Waals surface area (Å²) in [5, 5.41) is 22.2. The first-order valence-corrected chi connectivity index (χ1v) is 6.37. The monoisotopic (exact) mass is 280 g/mol. The first-order valence-electron chi connectivity index (χ1n) is 5.99. The lowest BCUT2D eigenvalue weighted by molar-refractivity contribution is 0.0381. The highest BCUT2D eigenvalue weighted by Gasteiger charge is 2.32. The van der Waals surface area contributed by atoms with E-state index in [4.69, 9.17) is 16.3 Å². The van der Waals surface area contributed by atoms with E-state index in [2.05, 4.69) is 20.5 Å². The van der Waals surface area contributed by atoms with Crippen LogP contribution in [-0.2, 0) is 4.74 Å². The molecule has 0 aliphatic carbocycles. The van der Waals surface area contributed by atoms with Crippen molar-refractivity contribution in [3.8, 4) is 0 Å². The lowest BCUT2D eigenvalue weighted by Crippen LogP contribution is -2.37. The minimum Gasteiger partial charge on any atom is -0.386 e. The molecule has 1 unspecified atom stereocenters. The Morgan fingerprint density at radius 3 is 3.16 bits per heavy atom. The van der Waals surface area contributed by atoms with Crippen molar-refractivity contribution in [2.75, 3.05) is 25.1 Å². The number of aliphatic hydroxyl groups is 1. The van der Waals surface area contributed by atoms with Gasteiger partial charge in [-0.15, -0.1) is 10.2 Å². The number of hydrogen-bond acceptors (Lipinski definition) is 6. The first-order chi connectivity index (χ1) is 9.18. The highest BCUT2D eigenvalue weighted by Crippen LogP contribution is 2.25. The molecule has 0 radical (unpaired) electrons. The van der Waals surface area contributed by atoms with Crippen molar-refractivity contribution >= 4 is 28.3 Å². The highest BCUT2D eigenvalue weighted by atomic mass is 35.5. The summed E-state index contributed by atoms with van der Waals surface area (Å²) in [7, 11) is 0. The zero-order valence-corrected chi connectivity index (χ0v) is 10.9. The average molecular weight is 281 g/mol. The Hall–Kier alpha value is -1.50. The van der Waals surface area contributed by atoms with Crippen LogP contribution in [0.15, 0.2) is 18.3 Å².